The van der Waals surface area contributed by atoms with Crippen LogP contribution in [0.4, 0.5) is 9.18 Å². The fraction of sp³-hybridized carbons (Fsp3) is 0.917. The molecule has 2 unspecified atom stereocenters. The third-order valence-corrected chi connectivity index (χ3v) is 2.82. The zero-order chi connectivity index (χ0) is 13.8. The van der Waals surface area contributed by atoms with Gasteiger partial charge in [0, 0.05) is 6.61 Å². The summed E-state index contributed by atoms with van der Waals surface area (Å²) < 4.78 is 24.5. The number of nitrogens with one attached hydrogen (secondary N) is 1. The predicted octanol–water partition coefficient (Wildman–Crippen LogP) is 1.36. The molecule has 1 saturated heterocycles. The summed E-state index contributed by atoms with van der Waals surface area (Å²) in [5.74, 6) is 0. The first-order chi connectivity index (χ1) is 8.29. The molecule has 18 heavy (non-hydrogen) atoms. The van der Waals surface area contributed by atoms with E-state index in [-0.39, 0.29) is 19.6 Å². The molecule has 1 fully saturated rings. The quantitative estimate of drug-likeness (QED) is 0.802. The molecule has 0 saturated carbocycles. The predicted molar refractivity (Wildman–Crippen MR) is 66.1 cm³/mol. The minimum Gasteiger partial charge on any atom is -0.444 e. The van der Waals surface area contributed by atoms with Crippen LogP contribution in [0.1, 0.15) is 33.6 Å². The van der Waals surface area contributed by atoms with E-state index in [1.165, 1.54) is 0 Å². The van der Waals surface area contributed by atoms with Gasteiger partial charge in [-0.3, -0.25) is 0 Å². The largest absolute Gasteiger partial charge is 0.444 e. The Bertz CT molecular complexity index is 286. The Morgan fingerprint density at radius 1 is 1.61 bits per heavy atom. The van der Waals surface area contributed by atoms with Gasteiger partial charge in [-0.1, -0.05) is 0 Å². The molecule has 0 aliphatic carbocycles. The molecule has 1 rings (SSSR count). The molecule has 6 heteroatoms. The molecular formula is C12H23FN2O3. The van der Waals surface area contributed by atoms with Crippen molar-refractivity contribution < 1.29 is 18.7 Å². The number of carbonyl (C=O) groups is 1. The Morgan fingerprint density at radius 2 is 2.28 bits per heavy atom. The van der Waals surface area contributed by atoms with Crippen molar-refractivity contribution in [2.24, 2.45) is 5.73 Å². The van der Waals surface area contributed by atoms with E-state index < -0.39 is 23.4 Å². The highest BCUT2D eigenvalue weighted by Gasteiger charge is 2.44. The third-order valence-electron chi connectivity index (χ3n) is 2.82. The molecule has 1 aliphatic heterocycles. The van der Waals surface area contributed by atoms with Crippen molar-refractivity contribution in [3.05, 3.63) is 0 Å². The SMILES string of the molecule is CC(C)(C)OC(=O)NC1(C(F)CCN)CCOC1. The molecular weight excluding hydrogens is 239 g/mol. The van der Waals surface area contributed by atoms with Gasteiger partial charge in [-0.25, -0.2) is 9.18 Å². The summed E-state index contributed by atoms with van der Waals surface area (Å²) in [6.45, 7) is 6.11. The average molecular weight is 262 g/mol. The monoisotopic (exact) mass is 262 g/mol. The number of hydrogen-bond donors (Lipinski definition) is 2. The van der Waals surface area contributed by atoms with Crippen LogP contribution < -0.4 is 11.1 Å². The minimum atomic E-state index is -1.22. The Kier molecular flexibility index (Phi) is 4.92. The highest BCUT2D eigenvalue weighted by Crippen LogP contribution is 2.27. The van der Waals surface area contributed by atoms with Crippen LogP contribution in [-0.4, -0.2) is 43.2 Å². The third kappa shape index (κ3) is 4.10. The number of hydrogen-bond acceptors (Lipinski definition) is 4. The molecule has 1 aliphatic rings. The molecule has 0 radical (unpaired) electrons. The van der Waals surface area contributed by atoms with Crippen LogP contribution in [0.2, 0.25) is 0 Å². The van der Waals surface area contributed by atoms with Gasteiger partial charge in [-0.05, 0) is 40.2 Å². The summed E-state index contributed by atoms with van der Waals surface area (Å²) in [5.41, 5.74) is 3.76. The fourth-order valence-electron chi connectivity index (χ4n) is 1.93. The lowest BCUT2D eigenvalue weighted by Gasteiger charge is -2.33. The van der Waals surface area contributed by atoms with E-state index in [0.717, 1.165) is 0 Å². The number of alkyl halides is 1. The number of ether oxygens (including phenoxy) is 2. The van der Waals surface area contributed by atoms with Gasteiger partial charge in [-0.15, -0.1) is 0 Å². The fourth-order valence-corrected chi connectivity index (χ4v) is 1.93. The van der Waals surface area contributed by atoms with Crippen molar-refractivity contribution in [2.45, 2.75) is 50.9 Å². The van der Waals surface area contributed by atoms with Gasteiger partial charge in [0.2, 0.25) is 0 Å². The second kappa shape index (κ2) is 5.84. The summed E-state index contributed by atoms with van der Waals surface area (Å²) in [6, 6.07) is 0. The van der Waals surface area contributed by atoms with E-state index in [1.54, 1.807) is 20.8 Å². The van der Waals surface area contributed by atoms with Crippen LogP contribution in [0.5, 0.6) is 0 Å². The summed E-state index contributed by atoms with van der Waals surface area (Å²) in [5, 5.41) is 2.62. The standard InChI is InChI=1S/C12H23FN2O3/c1-11(2,3)18-10(16)15-12(5-7-17-8-12)9(13)4-6-14/h9H,4-8,14H2,1-3H3,(H,15,16). The second-order valence-electron chi connectivity index (χ2n) is 5.63. The highest BCUT2D eigenvalue weighted by atomic mass is 19.1. The van der Waals surface area contributed by atoms with Gasteiger partial charge < -0.3 is 20.5 Å². The van der Waals surface area contributed by atoms with E-state index in [4.69, 9.17) is 15.2 Å². The summed E-state index contributed by atoms with van der Waals surface area (Å²) in [7, 11) is 0. The molecule has 0 aromatic rings. The summed E-state index contributed by atoms with van der Waals surface area (Å²) in [4.78, 5) is 11.7. The first kappa shape index (κ1) is 15.2. The number of halogens is 1. The number of carbonyl (C=O) groups excluding carboxylic acids is 1. The smallest absolute Gasteiger partial charge is 0.408 e. The van der Waals surface area contributed by atoms with Gasteiger partial charge in [-0.2, -0.15) is 0 Å². The zero-order valence-electron chi connectivity index (χ0n) is 11.3. The topological polar surface area (TPSA) is 73.6 Å². The summed E-state index contributed by atoms with van der Waals surface area (Å²) >= 11 is 0. The molecule has 0 aromatic carbocycles. The Morgan fingerprint density at radius 3 is 2.72 bits per heavy atom. The van der Waals surface area contributed by atoms with Crippen LogP contribution in [0.25, 0.3) is 0 Å². The molecule has 0 aromatic heterocycles. The molecule has 1 heterocycles. The molecule has 3 N–H and O–H groups in total. The number of rotatable bonds is 4. The van der Waals surface area contributed by atoms with Crippen LogP contribution >= 0.6 is 0 Å². The normalized spacial score (nSPS) is 25.8. The zero-order valence-corrected chi connectivity index (χ0v) is 11.3. The highest BCUT2D eigenvalue weighted by molar-refractivity contribution is 5.69. The van der Waals surface area contributed by atoms with Gasteiger partial charge >= 0.3 is 6.09 Å². The van der Waals surface area contributed by atoms with E-state index in [2.05, 4.69) is 5.32 Å². The molecule has 106 valence electrons. The maximum Gasteiger partial charge on any atom is 0.408 e. The molecule has 2 atom stereocenters. The van der Waals surface area contributed by atoms with Gasteiger partial charge in [0.05, 0.1) is 12.1 Å². The number of alkyl carbamates (subject to hydrolysis) is 1. The van der Waals surface area contributed by atoms with Crippen LogP contribution in [0.3, 0.4) is 0 Å². The second-order valence-corrected chi connectivity index (χ2v) is 5.63. The lowest BCUT2D eigenvalue weighted by Crippen LogP contribution is -2.57. The number of amides is 1. The first-order valence-corrected chi connectivity index (χ1v) is 6.22. The van der Waals surface area contributed by atoms with E-state index >= 15 is 0 Å². The van der Waals surface area contributed by atoms with Crippen molar-refractivity contribution in [3.63, 3.8) is 0 Å². The van der Waals surface area contributed by atoms with Gasteiger partial charge in [0.15, 0.2) is 0 Å². The van der Waals surface area contributed by atoms with Gasteiger partial charge in [0.25, 0.3) is 0 Å². The van der Waals surface area contributed by atoms with Crippen LogP contribution in [0, 0.1) is 0 Å². The molecule has 1 amide bonds. The van der Waals surface area contributed by atoms with Crippen molar-refractivity contribution in [1.29, 1.82) is 0 Å². The van der Waals surface area contributed by atoms with Crippen molar-refractivity contribution >= 4 is 6.09 Å². The van der Waals surface area contributed by atoms with Crippen molar-refractivity contribution in [2.75, 3.05) is 19.8 Å². The lowest BCUT2D eigenvalue weighted by molar-refractivity contribution is 0.0334. The lowest BCUT2D eigenvalue weighted by atomic mass is 9.90. The maximum absolute atomic E-state index is 14.1. The summed E-state index contributed by atoms with van der Waals surface area (Å²) in [6.07, 6.45) is -1.21. The average Bonchev–Trinajstić information content (AvgIpc) is 2.64. The Hall–Kier alpha value is -0.880. The van der Waals surface area contributed by atoms with Gasteiger partial charge in [0.1, 0.15) is 11.8 Å². The Labute approximate surface area is 107 Å². The Balaban J connectivity index is 2.65. The van der Waals surface area contributed by atoms with Crippen molar-refractivity contribution in [3.8, 4) is 0 Å². The first-order valence-electron chi connectivity index (χ1n) is 6.22. The molecule has 0 bridgehead atoms. The molecule has 0 spiro atoms. The van der Waals surface area contributed by atoms with E-state index in [0.29, 0.717) is 13.0 Å². The molecule has 5 nitrogen and oxygen atoms in total. The van der Waals surface area contributed by atoms with Crippen molar-refractivity contribution in [1.82, 2.24) is 5.32 Å². The van der Waals surface area contributed by atoms with Crippen LogP contribution in [-0.2, 0) is 9.47 Å². The minimum absolute atomic E-state index is 0.160. The van der Waals surface area contributed by atoms with E-state index in [1.807, 2.05) is 0 Å². The number of nitrogens with two attached hydrogens (primary N) is 1. The van der Waals surface area contributed by atoms with Crippen LogP contribution in [0.15, 0.2) is 0 Å². The van der Waals surface area contributed by atoms with E-state index in [9.17, 15) is 9.18 Å². The maximum atomic E-state index is 14.1.